The van der Waals surface area contributed by atoms with Gasteiger partial charge in [-0.25, -0.2) is 0 Å². The number of fused-ring (bicyclic) bond motifs is 3. The van der Waals surface area contributed by atoms with Crippen LogP contribution in [0.15, 0.2) is 91.3 Å². The number of benzene rings is 3. The van der Waals surface area contributed by atoms with Gasteiger partial charge in [-0.1, -0.05) is 66.6 Å². The van der Waals surface area contributed by atoms with E-state index in [4.69, 9.17) is 0 Å². The fraction of sp³-hybridized carbons (Fsp3) is 0.152. The Balaban J connectivity index is 0.000000204. The van der Waals surface area contributed by atoms with Crippen molar-refractivity contribution >= 4 is 44.8 Å². The molecule has 6 rings (SSSR count). The van der Waals surface area contributed by atoms with Crippen molar-refractivity contribution in [1.82, 2.24) is 9.97 Å². The van der Waals surface area contributed by atoms with Crippen LogP contribution in [-0.4, -0.2) is 18.0 Å². The van der Waals surface area contributed by atoms with Crippen LogP contribution in [0.3, 0.4) is 0 Å². The van der Waals surface area contributed by atoms with Crippen molar-refractivity contribution in [2.45, 2.75) is 33.5 Å². The van der Waals surface area contributed by atoms with Gasteiger partial charge in [0.1, 0.15) is 0 Å². The number of pyridine rings is 2. The molecule has 0 aliphatic rings. The summed E-state index contributed by atoms with van der Waals surface area (Å²) in [6.45, 7) is 11.4. The molecule has 0 aliphatic heterocycles. The Morgan fingerprint density at radius 1 is 0.711 bits per heavy atom. The molecule has 0 atom stereocenters. The standard InChI is InChI=1S/C21H20NSSi.C12H10N.Ir/c1-14-11-12-17(22-13-14)15-7-5-8-16-20-18(23-21(15)16)9-6-10-19(20)24(2,3)4;1-10-7-8-12(13-9-10)11-5-3-2-4-6-11;/h5-6,8-13H,1-4H3;2-5,7-9H,1H3;/q2*-1;. The Labute approximate surface area is 244 Å². The summed E-state index contributed by atoms with van der Waals surface area (Å²) in [4.78, 5) is 8.94. The van der Waals surface area contributed by atoms with E-state index in [1.165, 1.54) is 31.3 Å². The molecule has 1 radical (unpaired) electrons. The number of nitrogens with zero attached hydrogens (tertiary/aromatic N) is 2. The molecule has 3 aromatic heterocycles. The maximum atomic E-state index is 4.62. The Bertz CT molecular complexity index is 1650. The van der Waals surface area contributed by atoms with Crippen molar-refractivity contribution in [2.75, 3.05) is 0 Å². The first kappa shape index (κ1) is 28.1. The van der Waals surface area contributed by atoms with Crippen molar-refractivity contribution in [3.63, 3.8) is 0 Å². The Morgan fingerprint density at radius 3 is 2.03 bits per heavy atom. The van der Waals surface area contributed by atoms with E-state index in [2.05, 4.69) is 91.1 Å². The van der Waals surface area contributed by atoms with Crippen LogP contribution in [0.1, 0.15) is 11.1 Å². The number of aromatic nitrogens is 2. The van der Waals surface area contributed by atoms with Gasteiger partial charge in [-0.2, -0.15) is 11.3 Å². The van der Waals surface area contributed by atoms with Gasteiger partial charge in [0.15, 0.2) is 0 Å². The second-order valence-corrected chi connectivity index (χ2v) is 16.4. The van der Waals surface area contributed by atoms with E-state index in [1.54, 1.807) is 5.19 Å². The van der Waals surface area contributed by atoms with Gasteiger partial charge < -0.3 is 9.97 Å². The van der Waals surface area contributed by atoms with Crippen molar-refractivity contribution < 1.29 is 20.1 Å². The fourth-order valence-electron chi connectivity index (χ4n) is 4.40. The average Bonchev–Trinajstić information content (AvgIpc) is 3.29. The van der Waals surface area contributed by atoms with Gasteiger partial charge in [0.2, 0.25) is 0 Å². The second-order valence-electron chi connectivity index (χ2n) is 10.3. The summed E-state index contributed by atoms with van der Waals surface area (Å²) in [5.41, 5.74) is 6.51. The predicted octanol–water partition coefficient (Wildman–Crippen LogP) is 8.63. The predicted molar refractivity (Wildman–Crippen MR) is 162 cm³/mol. The van der Waals surface area contributed by atoms with Crippen LogP contribution in [0, 0.1) is 26.0 Å². The van der Waals surface area contributed by atoms with Crippen molar-refractivity contribution in [3.05, 3.63) is 115 Å². The minimum Gasteiger partial charge on any atom is -0.304 e. The summed E-state index contributed by atoms with van der Waals surface area (Å²) in [5, 5.41) is 4.34. The summed E-state index contributed by atoms with van der Waals surface area (Å²) >= 11 is 1.87. The summed E-state index contributed by atoms with van der Waals surface area (Å²) in [6, 6.07) is 33.8. The molecular formula is C33H30IrN2SSi-2. The maximum Gasteiger partial charge on any atom is 0.0783 e. The number of rotatable bonds is 3. The maximum absolute atomic E-state index is 4.62. The molecule has 3 heterocycles. The molecule has 0 bridgehead atoms. The molecule has 0 saturated carbocycles. The quantitative estimate of drug-likeness (QED) is 0.136. The number of thiophene rings is 1. The molecule has 0 N–H and O–H groups in total. The van der Waals surface area contributed by atoms with Gasteiger partial charge >= 0.3 is 0 Å². The van der Waals surface area contributed by atoms with E-state index in [9.17, 15) is 0 Å². The minimum atomic E-state index is -1.40. The second kappa shape index (κ2) is 11.8. The van der Waals surface area contributed by atoms with Crippen LogP contribution >= 0.6 is 11.3 Å². The van der Waals surface area contributed by atoms with Crippen molar-refractivity contribution in [3.8, 4) is 22.5 Å². The third-order valence-electron chi connectivity index (χ3n) is 6.33. The van der Waals surface area contributed by atoms with Crippen LogP contribution < -0.4 is 5.19 Å². The van der Waals surface area contributed by atoms with Crippen LogP contribution in [0.25, 0.3) is 42.7 Å². The molecule has 38 heavy (non-hydrogen) atoms. The molecule has 0 aliphatic carbocycles. The van der Waals surface area contributed by atoms with E-state index in [0.717, 1.165) is 22.5 Å². The van der Waals surface area contributed by atoms with Gasteiger partial charge in [-0.15, -0.1) is 59.7 Å². The zero-order valence-electron chi connectivity index (χ0n) is 22.3. The van der Waals surface area contributed by atoms with Crippen LogP contribution in [-0.2, 0) is 20.1 Å². The van der Waals surface area contributed by atoms with Crippen LogP contribution in [0.2, 0.25) is 19.6 Å². The van der Waals surface area contributed by atoms with Crippen molar-refractivity contribution in [1.29, 1.82) is 0 Å². The van der Waals surface area contributed by atoms with E-state index < -0.39 is 8.07 Å². The Hall–Kier alpha value is -2.95. The molecule has 0 amide bonds. The van der Waals surface area contributed by atoms with Gasteiger partial charge in [0, 0.05) is 37.2 Å². The van der Waals surface area contributed by atoms with E-state index in [-0.39, 0.29) is 20.1 Å². The normalized spacial score (nSPS) is 11.1. The average molecular weight is 707 g/mol. The monoisotopic (exact) mass is 707 g/mol. The smallest absolute Gasteiger partial charge is 0.0783 e. The number of hydrogen-bond acceptors (Lipinski definition) is 3. The first-order valence-electron chi connectivity index (χ1n) is 12.5. The summed E-state index contributed by atoms with van der Waals surface area (Å²) < 4.78 is 2.67. The van der Waals surface area contributed by atoms with Gasteiger partial charge in [-0.3, -0.25) is 0 Å². The summed E-state index contributed by atoms with van der Waals surface area (Å²) in [6.07, 6.45) is 3.80. The molecule has 0 unspecified atom stereocenters. The van der Waals surface area contributed by atoms with Gasteiger partial charge in [-0.05, 0) is 52.5 Å². The zero-order chi connectivity index (χ0) is 26.0. The topological polar surface area (TPSA) is 25.8 Å². The molecule has 0 saturated heterocycles. The Kier molecular flexibility index (Phi) is 8.74. The van der Waals surface area contributed by atoms with Crippen LogP contribution in [0.5, 0.6) is 0 Å². The van der Waals surface area contributed by atoms with Gasteiger partial charge in [0.05, 0.1) is 8.07 Å². The minimum absolute atomic E-state index is 0. The summed E-state index contributed by atoms with van der Waals surface area (Å²) in [5.74, 6) is 0. The number of hydrogen-bond donors (Lipinski definition) is 0. The third-order valence-corrected chi connectivity index (χ3v) is 9.55. The SMILES string of the molecule is Cc1ccc(-c2[c-]ccc3c2sc2cccc([Si](C)(C)C)c23)nc1.Cc1ccc(-c2[c-]cccc2)nc1.[Ir]. The molecule has 0 spiro atoms. The first-order valence-corrected chi connectivity index (χ1v) is 16.8. The van der Waals surface area contributed by atoms with Crippen molar-refractivity contribution in [2.24, 2.45) is 0 Å². The van der Waals surface area contributed by atoms with E-state index in [0.29, 0.717) is 0 Å². The largest absolute Gasteiger partial charge is 0.304 e. The Morgan fingerprint density at radius 2 is 1.42 bits per heavy atom. The zero-order valence-corrected chi connectivity index (χ0v) is 26.5. The molecular weight excluding hydrogens is 677 g/mol. The molecule has 2 nitrogen and oxygen atoms in total. The van der Waals surface area contributed by atoms with Gasteiger partial charge in [0.25, 0.3) is 0 Å². The molecule has 5 heteroatoms. The molecule has 3 aromatic carbocycles. The fourth-order valence-corrected chi connectivity index (χ4v) is 7.34. The first-order chi connectivity index (χ1) is 17.8. The molecule has 193 valence electrons. The third kappa shape index (κ3) is 6.03. The molecule has 6 aromatic rings. The van der Waals surface area contributed by atoms with E-state index in [1.807, 2.05) is 67.1 Å². The van der Waals surface area contributed by atoms with Crippen LogP contribution in [0.4, 0.5) is 0 Å². The number of aryl methyl sites for hydroxylation is 2. The molecule has 0 fully saturated rings. The summed E-state index contributed by atoms with van der Waals surface area (Å²) in [7, 11) is -1.40. The van der Waals surface area contributed by atoms with E-state index >= 15 is 0 Å².